The van der Waals surface area contributed by atoms with Crippen LogP contribution in [0.5, 0.6) is 0 Å². The zero-order valence-electron chi connectivity index (χ0n) is 13.0. The van der Waals surface area contributed by atoms with Crippen molar-refractivity contribution >= 4 is 17.3 Å². The molecule has 0 radical (unpaired) electrons. The standard InChI is InChI=1S/C16H24N2O3/c1-4-18(13-5-7-21-8-6-13)15-10-12(17)9-14(11(15)2)16(19)20-3/h9-10,13H,4-8,17H2,1-3H3. The molecule has 0 bridgehead atoms. The normalized spacial score (nSPS) is 15.8. The summed E-state index contributed by atoms with van der Waals surface area (Å²) < 4.78 is 10.3. The van der Waals surface area contributed by atoms with Gasteiger partial charge in [0.05, 0.1) is 12.7 Å². The molecular weight excluding hydrogens is 268 g/mol. The lowest BCUT2D eigenvalue weighted by molar-refractivity contribution is 0.0599. The highest BCUT2D eigenvalue weighted by Gasteiger charge is 2.24. The van der Waals surface area contributed by atoms with E-state index in [1.807, 2.05) is 13.0 Å². The maximum Gasteiger partial charge on any atom is 0.338 e. The maximum absolute atomic E-state index is 11.9. The Bertz CT molecular complexity index is 510. The Morgan fingerprint density at radius 2 is 2.10 bits per heavy atom. The van der Waals surface area contributed by atoms with Crippen molar-refractivity contribution in [2.45, 2.75) is 32.7 Å². The average Bonchev–Trinajstić information content (AvgIpc) is 2.51. The summed E-state index contributed by atoms with van der Waals surface area (Å²) in [6.07, 6.45) is 1.99. The van der Waals surface area contributed by atoms with Gasteiger partial charge in [0, 0.05) is 37.2 Å². The van der Waals surface area contributed by atoms with Crippen molar-refractivity contribution in [2.75, 3.05) is 37.5 Å². The van der Waals surface area contributed by atoms with E-state index in [-0.39, 0.29) is 5.97 Å². The third-order valence-electron chi connectivity index (χ3n) is 4.09. The van der Waals surface area contributed by atoms with Gasteiger partial charge in [0.25, 0.3) is 0 Å². The van der Waals surface area contributed by atoms with E-state index in [0.717, 1.165) is 43.9 Å². The third kappa shape index (κ3) is 3.29. The van der Waals surface area contributed by atoms with Gasteiger partial charge in [-0.25, -0.2) is 4.79 Å². The van der Waals surface area contributed by atoms with Crippen LogP contribution in [0.15, 0.2) is 12.1 Å². The molecule has 0 saturated carbocycles. The van der Waals surface area contributed by atoms with Crippen molar-refractivity contribution in [1.29, 1.82) is 0 Å². The number of nitrogen functional groups attached to an aromatic ring is 1. The van der Waals surface area contributed by atoms with Gasteiger partial charge in [-0.2, -0.15) is 0 Å². The van der Waals surface area contributed by atoms with Crippen LogP contribution in [0.1, 0.15) is 35.7 Å². The van der Waals surface area contributed by atoms with E-state index < -0.39 is 0 Å². The van der Waals surface area contributed by atoms with Gasteiger partial charge >= 0.3 is 5.97 Å². The smallest absolute Gasteiger partial charge is 0.338 e. The molecule has 2 N–H and O–H groups in total. The topological polar surface area (TPSA) is 64.8 Å². The molecule has 1 aromatic rings. The molecule has 5 heteroatoms. The Hall–Kier alpha value is -1.75. The highest BCUT2D eigenvalue weighted by atomic mass is 16.5. The second-order valence-electron chi connectivity index (χ2n) is 5.33. The molecule has 0 aliphatic carbocycles. The molecule has 0 amide bonds. The van der Waals surface area contributed by atoms with Crippen LogP contribution < -0.4 is 10.6 Å². The van der Waals surface area contributed by atoms with Crippen molar-refractivity contribution in [1.82, 2.24) is 0 Å². The van der Waals surface area contributed by atoms with E-state index in [4.69, 9.17) is 15.2 Å². The van der Waals surface area contributed by atoms with Gasteiger partial charge in [0.2, 0.25) is 0 Å². The summed E-state index contributed by atoms with van der Waals surface area (Å²) in [5.41, 5.74) is 9.05. The molecule has 1 aliphatic rings. The molecular formula is C16H24N2O3. The number of hydrogen-bond donors (Lipinski definition) is 1. The van der Waals surface area contributed by atoms with Crippen molar-refractivity contribution in [3.63, 3.8) is 0 Å². The molecule has 2 rings (SSSR count). The molecule has 0 atom stereocenters. The van der Waals surface area contributed by atoms with Crippen LogP contribution in [0.3, 0.4) is 0 Å². The number of ether oxygens (including phenoxy) is 2. The van der Waals surface area contributed by atoms with E-state index in [9.17, 15) is 4.79 Å². The minimum absolute atomic E-state index is 0.343. The molecule has 0 unspecified atom stereocenters. The fourth-order valence-corrected chi connectivity index (χ4v) is 2.96. The number of nitrogens with zero attached hydrogens (tertiary/aromatic N) is 1. The minimum atomic E-state index is -0.343. The summed E-state index contributed by atoms with van der Waals surface area (Å²) in [5.74, 6) is -0.343. The quantitative estimate of drug-likeness (QED) is 0.682. The Labute approximate surface area is 126 Å². The summed E-state index contributed by atoms with van der Waals surface area (Å²) in [7, 11) is 1.39. The molecule has 0 spiro atoms. The Morgan fingerprint density at radius 1 is 1.43 bits per heavy atom. The van der Waals surface area contributed by atoms with Crippen molar-refractivity contribution in [3.8, 4) is 0 Å². The van der Waals surface area contributed by atoms with Crippen molar-refractivity contribution < 1.29 is 14.3 Å². The summed E-state index contributed by atoms with van der Waals surface area (Å²) in [4.78, 5) is 14.2. The fourth-order valence-electron chi connectivity index (χ4n) is 2.96. The first kappa shape index (κ1) is 15.6. The van der Waals surface area contributed by atoms with E-state index in [2.05, 4.69) is 11.8 Å². The van der Waals surface area contributed by atoms with E-state index in [1.165, 1.54) is 7.11 Å². The number of carbonyl (C=O) groups is 1. The Morgan fingerprint density at radius 3 is 2.67 bits per heavy atom. The van der Waals surface area contributed by atoms with Crippen LogP contribution >= 0.6 is 0 Å². The predicted molar refractivity (Wildman–Crippen MR) is 83.8 cm³/mol. The lowest BCUT2D eigenvalue weighted by Crippen LogP contribution is -2.40. The second-order valence-corrected chi connectivity index (χ2v) is 5.33. The molecule has 0 aromatic heterocycles. The Kier molecular flexibility index (Phi) is 5.07. The summed E-state index contributed by atoms with van der Waals surface area (Å²) in [6, 6.07) is 4.05. The molecule has 1 fully saturated rings. The van der Waals surface area contributed by atoms with Crippen LogP contribution in [-0.4, -0.2) is 38.9 Å². The van der Waals surface area contributed by atoms with Gasteiger partial charge in [-0.05, 0) is 44.4 Å². The van der Waals surface area contributed by atoms with Gasteiger partial charge in [-0.3, -0.25) is 0 Å². The third-order valence-corrected chi connectivity index (χ3v) is 4.09. The number of anilines is 2. The van der Waals surface area contributed by atoms with Gasteiger partial charge in [-0.15, -0.1) is 0 Å². The maximum atomic E-state index is 11.9. The average molecular weight is 292 g/mol. The van der Waals surface area contributed by atoms with Gasteiger partial charge in [-0.1, -0.05) is 0 Å². The largest absolute Gasteiger partial charge is 0.465 e. The predicted octanol–water partition coefficient (Wildman–Crippen LogP) is 2.37. The second kappa shape index (κ2) is 6.80. The van der Waals surface area contributed by atoms with Crippen molar-refractivity contribution in [3.05, 3.63) is 23.3 Å². The van der Waals surface area contributed by atoms with Crippen molar-refractivity contribution in [2.24, 2.45) is 0 Å². The van der Waals surface area contributed by atoms with Crippen LogP contribution in [-0.2, 0) is 9.47 Å². The van der Waals surface area contributed by atoms with Gasteiger partial charge in [0.15, 0.2) is 0 Å². The lowest BCUT2D eigenvalue weighted by atomic mass is 10.0. The zero-order chi connectivity index (χ0) is 15.4. The lowest BCUT2D eigenvalue weighted by Gasteiger charge is -2.36. The first-order valence-electron chi connectivity index (χ1n) is 7.41. The molecule has 1 saturated heterocycles. The number of hydrogen-bond acceptors (Lipinski definition) is 5. The van der Waals surface area contributed by atoms with E-state index in [1.54, 1.807) is 6.07 Å². The number of benzene rings is 1. The van der Waals surface area contributed by atoms with E-state index in [0.29, 0.717) is 17.3 Å². The summed E-state index contributed by atoms with van der Waals surface area (Å²) in [5, 5.41) is 0. The molecule has 116 valence electrons. The molecule has 21 heavy (non-hydrogen) atoms. The minimum Gasteiger partial charge on any atom is -0.465 e. The fraction of sp³-hybridized carbons (Fsp3) is 0.562. The highest BCUT2D eigenvalue weighted by Crippen LogP contribution is 2.30. The summed E-state index contributed by atoms with van der Waals surface area (Å²) in [6.45, 7) is 6.51. The molecule has 5 nitrogen and oxygen atoms in total. The number of nitrogens with two attached hydrogens (primary N) is 1. The first-order chi connectivity index (χ1) is 10.1. The molecule has 1 heterocycles. The Balaban J connectivity index is 2.40. The van der Waals surface area contributed by atoms with Crippen LogP contribution in [0.2, 0.25) is 0 Å². The zero-order valence-corrected chi connectivity index (χ0v) is 13.0. The number of carbonyl (C=O) groups excluding carboxylic acids is 1. The number of methoxy groups -OCH3 is 1. The van der Waals surface area contributed by atoms with Crippen LogP contribution in [0, 0.1) is 6.92 Å². The highest BCUT2D eigenvalue weighted by molar-refractivity contribution is 5.94. The van der Waals surface area contributed by atoms with Crippen LogP contribution in [0.4, 0.5) is 11.4 Å². The van der Waals surface area contributed by atoms with Gasteiger partial charge < -0.3 is 20.1 Å². The van der Waals surface area contributed by atoms with Gasteiger partial charge in [0.1, 0.15) is 0 Å². The van der Waals surface area contributed by atoms with Crippen LogP contribution in [0.25, 0.3) is 0 Å². The number of esters is 1. The molecule has 1 aromatic carbocycles. The summed E-state index contributed by atoms with van der Waals surface area (Å²) >= 11 is 0. The monoisotopic (exact) mass is 292 g/mol. The van der Waals surface area contributed by atoms with E-state index >= 15 is 0 Å². The first-order valence-corrected chi connectivity index (χ1v) is 7.41. The SMILES string of the molecule is CCN(c1cc(N)cc(C(=O)OC)c1C)C1CCOCC1. The molecule has 1 aliphatic heterocycles. The number of rotatable bonds is 4.